The van der Waals surface area contributed by atoms with Crippen LogP contribution in [-0.4, -0.2) is 38.1 Å². The molecule has 3 aromatic rings. The lowest BCUT2D eigenvalue weighted by molar-refractivity contribution is -0.135. The van der Waals surface area contributed by atoms with E-state index < -0.39 is 18.4 Å². The van der Waals surface area contributed by atoms with Crippen LogP contribution in [0.1, 0.15) is 35.2 Å². The summed E-state index contributed by atoms with van der Waals surface area (Å²) in [6, 6.07) is 11.4. The van der Waals surface area contributed by atoms with Gasteiger partial charge in [-0.05, 0) is 25.0 Å². The maximum Gasteiger partial charge on any atom is 0.322 e. The summed E-state index contributed by atoms with van der Waals surface area (Å²) in [7, 11) is 0. The average Bonchev–Trinajstić information content (AvgIpc) is 2.96. The van der Waals surface area contributed by atoms with Gasteiger partial charge in [0.05, 0.1) is 5.69 Å². The van der Waals surface area contributed by atoms with Crippen LogP contribution < -0.4 is 5.32 Å². The molecule has 0 aliphatic rings. The number of aliphatic carboxylic acids is 1. The second kappa shape index (κ2) is 7.35. The molecule has 0 saturated carbocycles. The van der Waals surface area contributed by atoms with Gasteiger partial charge in [-0.25, -0.2) is 9.50 Å². The maximum atomic E-state index is 12.3. The Balaban J connectivity index is 2.16. The Kier molecular flexibility index (Phi) is 4.97. The van der Waals surface area contributed by atoms with Gasteiger partial charge in [-0.15, -0.1) is 0 Å². The molecule has 0 radical (unpaired) electrons. The first-order chi connectivity index (χ1) is 12.5. The molecule has 0 bridgehead atoms. The first-order valence-corrected chi connectivity index (χ1v) is 8.46. The van der Waals surface area contributed by atoms with Gasteiger partial charge in [-0.2, -0.15) is 5.10 Å². The number of aromatic nitrogens is 3. The van der Waals surface area contributed by atoms with E-state index in [9.17, 15) is 9.59 Å². The molecule has 0 atom stereocenters. The minimum Gasteiger partial charge on any atom is -0.480 e. The number of hydrogen-bond acceptors (Lipinski definition) is 4. The Labute approximate surface area is 150 Å². The van der Waals surface area contributed by atoms with Crippen molar-refractivity contribution in [1.82, 2.24) is 19.9 Å². The van der Waals surface area contributed by atoms with Gasteiger partial charge in [0, 0.05) is 11.3 Å². The number of rotatable bonds is 6. The quantitative estimate of drug-likeness (QED) is 0.710. The third-order valence-electron chi connectivity index (χ3n) is 4.04. The van der Waals surface area contributed by atoms with Crippen molar-refractivity contribution >= 4 is 17.5 Å². The molecule has 134 valence electrons. The molecule has 0 fully saturated rings. The molecule has 2 heterocycles. The summed E-state index contributed by atoms with van der Waals surface area (Å²) >= 11 is 0. The summed E-state index contributed by atoms with van der Waals surface area (Å²) in [4.78, 5) is 27.5. The molecule has 7 nitrogen and oxygen atoms in total. The summed E-state index contributed by atoms with van der Waals surface area (Å²) in [5.74, 6) is -1.61. The zero-order valence-corrected chi connectivity index (χ0v) is 14.7. The molecule has 1 amide bonds. The smallest absolute Gasteiger partial charge is 0.322 e. The molecule has 1 aromatic carbocycles. The third-order valence-corrected chi connectivity index (χ3v) is 4.04. The highest BCUT2D eigenvalue weighted by Crippen LogP contribution is 2.28. The van der Waals surface area contributed by atoms with Crippen LogP contribution >= 0.6 is 0 Å². The number of benzene rings is 1. The largest absolute Gasteiger partial charge is 0.480 e. The minimum atomic E-state index is -1.10. The van der Waals surface area contributed by atoms with Crippen LogP contribution in [0.3, 0.4) is 0 Å². The predicted molar refractivity (Wildman–Crippen MR) is 97.1 cm³/mol. The lowest BCUT2D eigenvalue weighted by Gasteiger charge is -2.08. The van der Waals surface area contributed by atoms with Gasteiger partial charge in [0.2, 0.25) is 0 Å². The van der Waals surface area contributed by atoms with Crippen molar-refractivity contribution in [2.45, 2.75) is 26.7 Å². The van der Waals surface area contributed by atoms with E-state index in [1.807, 2.05) is 44.2 Å². The van der Waals surface area contributed by atoms with Crippen LogP contribution in [0.25, 0.3) is 16.8 Å². The number of carbonyl (C=O) groups is 2. The van der Waals surface area contributed by atoms with Crippen LogP contribution in [0.4, 0.5) is 0 Å². The van der Waals surface area contributed by atoms with Crippen molar-refractivity contribution in [1.29, 1.82) is 0 Å². The summed E-state index contributed by atoms with van der Waals surface area (Å²) in [6.07, 6.45) is 1.61. The van der Waals surface area contributed by atoms with Crippen LogP contribution in [-0.2, 0) is 11.2 Å². The van der Waals surface area contributed by atoms with E-state index in [-0.39, 0.29) is 5.69 Å². The van der Waals surface area contributed by atoms with Gasteiger partial charge in [0.15, 0.2) is 5.65 Å². The summed E-state index contributed by atoms with van der Waals surface area (Å²) in [5, 5.41) is 15.7. The lowest BCUT2D eigenvalue weighted by atomic mass is 10.1. The fourth-order valence-electron chi connectivity index (χ4n) is 2.92. The number of amides is 1. The molecule has 7 heteroatoms. The van der Waals surface area contributed by atoms with E-state index in [0.29, 0.717) is 5.65 Å². The third kappa shape index (κ3) is 3.42. The number of hydrogen-bond donors (Lipinski definition) is 2. The van der Waals surface area contributed by atoms with E-state index in [4.69, 9.17) is 5.11 Å². The number of nitrogens with zero attached hydrogens (tertiary/aromatic N) is 3. The molecule has 0 spiro atoms. The normalized spacial score (nSPS) is 10.8. The van der Waals surface area contributed by atoms with Crippen molar-refractivity contribution < 1.29 is 14.7 Å². The second-order valence-corrected chi connectivity index (χ2v) is 6.02. The van der Waals surface area contributed by atoms with Gasteiger partial charge < -0.3 is 10.4 Å². The number of fused-ring (bicyclic) bond motifs is 1. The van der Waals surface area contributed by atoms with Crippen LogP contribution in [0, 0.1) is 6.92 Å². The zero-order chi connectivity index (χ0) is 18.7. The zero-order valence-electron chi connectivity index (χ0n) is 14.7. The Hall–Kier alpha value is -3.22. The van der Waals surface area contributed by atoms with Crippen LogP contribution in [0.2, 0.25) is 0 Å². The molecule has 3 rings (SSSR count). The number of nitrogens with one attached hydrogen (secondary N) is 1. The topological polar surface area (TPSA) is 96.6 Å². The van der Waals surface area contributed by atoms with Crippen LogP contribution in [0.5, 0.6) is 0 Å². The second-order valence-electron chi connectivity index (χ2n) is 6.02. The molecule has 0 saturated heterocycles. The molecule has 0 aliphatic heterocycles. The van der Waals surface area contributed by atoms with Gasteiger partial charge >= 0.3 is 5.97 Å². The molecular weight excluding hydrogens is 332 g/mol. The van der Waals surface area contributed by atoms with E-state index in [0.717, 1.165) is 35.4 Å². The summed E-state index contributed by atoms with van der Waals surface area (Å²) < 4.78 is 1.77. The van der Waals surface area contributed by atoms with Crippen molar-refractivity contribution in [3.8, 4) is 11.1 Å². The maximum absolute atomic E-state index is 12.3. The molecular formula is C19H20N4O3. The molecule has 2 N–H and O–H groups in total. The van der Waals surface area contributed by atoms with Crippen molar-refractivity contribution in [2.24, 2.45) is 0 Å². The SMILES string of the molecule is CCCc1cc(C(=O)NCC(=O)O)nc2c(-c3ccccc3)c(C)nn12. The minimum absolute atomic E-state index is 0.194. The number of carboxylic acid groups (broad SMARTS) is 1. The molecule has 26 heavy (non-hydrogen) atoms. The Morgan fingerprint density at radius 1 is 1.23 bits per heavy atom. The van der Waals surface area contributed by atoms with Crippen molar-refractivity contribution in [3.05, 3.63) is 53.5 Å². The van der Waals surface area contributed by atoms with Gasteiger partial charge in [0.1, 0.15) is 12.2 Å². The lowest BCUT2D eigenvalue weighted by Crippen LogP contribution is -2.30. The van der Waals surface area contributed by atoms with E-state index >= 15 is 0 Å². The van der Waals surface area contributed by atoms with E-state index in [2.05, 4.69) is 15.4 Å². The number of carboxylic acids is 1. The standard InChI is InChI=1S/C19H20N4O3/c1-3-7-14-10-15(19(26)20-11-16(24)25)21-18-17(12(2)22-23(14)18)13-8-5-4-6-9-13/h4-6,8-10H,3,7,11H2,1-2H3,(H,20,26)(H,24,25). The van der Waals surface area contributed by atoms with Crippen molar-refractivity contribution in [3.63, 3.8) is 0 Å². The number of aryl methyl sites for hydroxylation is 2. The highest BCUT2D eigenvalue weighted by Gasteiger charge is 2.19. The fraction of sp³-hybridized carbons (Fsp3) is 0.263. The first kappa shape index (κ1) is 17.6. The predicted octanol–water partition coefficient (Wildman–Crippen LogP) is 2.47. The first-order valence-electron chi connectivity index (χ1n) is 8.46. The van der Waals surface area contributed by atoms with E-state index in [1.165, 1.54) is 0 Å². The van der Waals surface area contributed by atoms with Gasteiger partial charge in [-0.3, -0.25) is 9.59 Å². The monoisotopic (exact) mass is 352 g/mol. The molecule has 0 unspecified atom stereocenters. The number of carbonyl (C=O) groups excluding carboxylic acids is 1. The summed E-state index contributed by atoms with van der Waals surface area (Å²) in [6.45, 7) is 3.51. The highest BCUT2D eigenvalue weighted by atomic mass is 16.4. The Bertz CT molecular complexity index is 964. The van der Waals surface area contributed by atoms with Crippen molar-refractivity contribution in [2.75, 3.05) is 6.54 Å². The highest BCUT2D eigenvalue weighted by molar-refractivity contribution is 5.95. The Morgan fingerprint density at radius 3 is 2.62 bits per heavy atom. The van der Waals surface area contributed by atoms with Crippen LogP contribution in [0.15, 0.2) is 36.4 Å². The van der Waals surface area contributed by atoms with E-state index in [1.54, 1.807) is 10.6 Å². The average molecular weight is 352 g/mol. The van der Waals surface area contributed by atoms with Gasteiger partial charge in [0.25, 0.3) is 5.91 Å². The summed E-state index contributed by atoms with van der Waals surface area (Å²) in [5.41, 5.74) is 4.32. The fourth-order valence-corrected chi connectivity index (χ4v) is 2.92. The Morgan fingerprint density at radius 2 is 1.96 bits per heavy atom. The van der Waals surface area contributed by atoms with Gasteiger partial charge in [-0.1, -0.05) is 43.7 Å². The molecule has 0 aliphatic carbocycles. The molecule has 2 aromatic heterocycles.